The Morgan fingerprint density at radius 3 is 2.48 bits per heavy atom. The van der Waals surface area contributed by atoms with E-state index in [0.717, 1.165) is 17.5 Å². The summed E-state index contributed by atoms with van der Waals surface area (Å²) in [4.78, 5) is 27.2. The van der Waals surface area contributed by atoms with Gasteiger partial charge >= 0.3 is 0 Å². The minimum atomic E-state index is -0.250. The van der Waals surface area contributed by atoms with E-state index in [2.05, 4.69) is 39.6 Å². The molecule has 1 fully saturated rings. The Morgan fingerprint density at radius 2 is 1.69 bits per heavy atom. The van der Waals surface area contributed by atoms with Gasteiger partial charge in [-0.15, -0.1) is 0 Å². The van der Waals surface area contributed by atoms with Gasteiger partial charge in [0, 0.05) is 18.5 Å². The molecule has 1 aliphatic heterocycles. The van der Waals surface area contributed by atoms with Gasteiger partial charge in [-0.2, -0.15) is 5.10 Å². The fourth-order valence-electron chi connectivity index (χ4n) is 3.77. The molecule has 29 heavy (non-hydrogen) atoms. The van der Waals surface area contributed by atoms with Gasteiger partial charge in [-0.05, 0) is 43.1 Å². The third kappa shape index (κ3) is 4.90. The fraction of sp³-hybridized carbons (Fsp3) is 0.348. The lowest BCUT2D eigenvalue weighted by molar-refractivity contribution is -0.122. The van der Waals surface area contributed by atoms with Crippen LogP contribution in [0, 0.1) is 0 Å². The molecule has 1 amide bonds. The second-order valence-electron chi connectivity index (χ2n) is 7.62. The molecule has 0 radical (unpaired) electrons. The first kappa shape index (κ1) is 19.3. The topological polar surface area (TPSA) is 67.2 Å². The number of likely N-dealkylation sites (tertiary alicyclic amines) is 1. The minimum Gasteiger partial charge on any atom is -0.350 e. The summed E-state index contributed by atoms with van der Waals surface area (Å²) in [5, 5.41) is 8.33. The number of nitrogens with one attached hydrogen (secondary N) is 1. The minimum absolute atomic E-state index is 0.0866. The van der Waals surface area contributed by atoms with Crippen molar-refractivity contribution in [1.29, 1.82) is 0 Å². The summed E-state index contributed by atoms with van der Waals surface area (Å²) >= 11 is 0. The zero-order valence-electron chi connectivity index (χ0n) is 16.5. The van der Waals surface area contributed by atoms with Gasteiger partial charge in [-0.3, -0.25) is 14.5 Å². The van der Waals surface area contributed by atoms with Crippen molar-refractivity contribution in [2.24, 2.45) is 0 Å². The summed E-state index contributed by atoms with van der Waals surface area (Å²) in [6.45, 7) is 3.70. The Bertz CT molecular complexity index is 1040. The molecule has 0 unspecified atom stereocenters. The van der Waals surface area contributed by atoms with E-state index in [9.17, 15) is 9.59 Å². The lowest BCUT2D eigenvalue weighted by Crippen LogP contribution is -2.33. The normalized spacial score (nSPS) is 14.8. The second-order valence-corrected chi connectivity index (χ2v) is 7.62. The van der Waals surface area contributed by atoms with Gasteiger partial charge in [0.15, 0.2) is 0 Å². The summed E-state index contributed by atoms with van der Waals surface area (Å²) < 4.78 is 1.21. The molecule has 1 saturated heterocycles. The van der Waals surface area contributed by atoms with E-state index in [-0.39, 0.29) is 18.0 Å². The van der Waals surface area contributed by atoms with Crippen LogP contribution >= 0.6 is 0 Å². The molecule has 150 valence electrons. The van der Waals surface area contributed by atoms with Crippen LogP contribution in [-0.4, -0.2) is 33.7 Å². The standard InChI is InChI=1S/C23H26N4O2/c28-22(17-27-23(29)21-7-3-2-6-20(21)15-25-27)24-14-18-8-10-19(11-9-18)16-26-12-4-1-5-13-26/h2-3,6-11,15H,1,4-5,12-14,16-17H2,(H,24,28). The van der Waals surface area contributed by atoms with E-state index in [4.69, 9.17) is 0 Å². The molecular weight excluding hydrogens is 364 g/mol. The Balaban J connectivity index is 1.31. The first-order chi connectivity index (χ1) is 14.2. The molecule has 0 saturated carbocycles. The molecule has 0 atom stereocenters. The van der Waals surface area contributed by atoms with Gasteiger partial charge in [0.25, 0.3) is 5.56 Å². The van der Waals surface area contributed by atoms with Gasteiger partial charge < -0.3 is 5.32 Å². The number of amides is 1. The number of nitrogens with zero attached hydrogens (tertiary/aromatic N) is 3. The van der Waals surface area contributed by atoms with E-state index < -0.39 is 0 Å². The van der Waals surface area contributed by atoms with Gasteiger partial charge in [0.2, 0.25) is 5.91 Å². The fourth-order valence-corrected chi connectivity index (χ4v) is 3.77. The average molecular weight is 390 g/mol. The van der Waals surface area contributed by atoms with Crippen LogP contribution in [0.25, 0.3) is 10.8 Å². The largest absolute Gasteiger partial charge is 0.350 e. The Morgan fingerprint density at radius 1 is 0.966 bits per heavy atom. The zero-order valence-corrected chi connectivity index (χ0v) is 16.5. The molecule has 4 rings (SSSR count). The maximum absolute atomic E-state index is 12.5. The Labute approximate surface area is 170 Å². The molecule has 2 aromatic carbocycles. The smallest absolute Gasteiger partial charge is 0.275 e. The van der Waals surface area contributed by atoms with Crippen LogP contribution in [0.15, 0.2) is 59.5 Å². The zero-order chi connectivity index (χ0) is 20.1. The number of carbonyl (C=O) groups excluding carboxylic acids is 1. The summed E-state index contributed by atoms with van der Waals surface area (Å²) in [5.41, 5.74) is 2.09. The van der Waals surface area contributed by atoms with Crippen LogP contribution in [0.2, 0.25) is 0 Å². The maximum Gasteiger partial charge on any atom is 0.275 e. The van der Waals surface area contributed by atoms with Crippen molar-refractivity contribution in [3.05, 3.63) is 76.2 Å². The molecule has 1 aliphatic rings. The highest BCUT2D eigenvalue weighted by atomic mass is 16.2. The molecule has 6 heteroatoms. The summed E-state index contributed by atoms with van der Waals surface area (Å²) in [7, 11) is 0. The highest BCUT2D eigenvalue weighted by Gasteiger charge is 2.11. The molecule has 3 aromatic rings. The number of fused-ring (bicyclic) bond motifs is 1. The first-order valence-electron chi connectivity index (χ1n) is 10.2. The number of rotatable bonds is 6. The molecule has 2 heterocycles. The SMILES string of the molecule is O=C(Cn1ncc2ccccc2c1=O)NCc1ccc(CN2CCCCC2)cc1. The van der Waals surface area contributed by atoms with Crippen LogP contribution in [0.4, 0.5) is 0 Å². The molecule has 1 N–H and O–H groups in total. The number of benzene rings is 2. The number of piperidine rings is 1. The Hall–Kier alpha value is -2.99. The molecule has 0 spiro atoms. The van der Waals surface area contributed by atoms with E-state index in [1.54, 1.807) is 12.3 Å². The molecule has 0 bridgehead atoms. The number of aromatic nitrogens is 2. The van der Waals surface area contributed by atoms with Gasteiger partial charge in [-0.25, -0.2) is 4.68 Å². The molecule has 1 aromatic heterocycles. The van der Waals surface area contributed by atoms with Crippen LogP contribution in [0.5, 0.6) is 0 Å². The molecule has 6 nitrogen and oxygen atoms in total. The predicted molar refractivity (Wildman–Crippen MR) is 113 cm³/mol. The van der Waals surface area contributed by atoms with Crippen molar-refractivity contribution < 1.29 is 4.79 Å². The van der Waals surface area contributed by atoms with Crippen molar-refractivity contribution in [3.63, 3.8) is 0 Å². The first-order valence-corrected chi connectivity index (χ1v) is 10.2. The molecular formula is C23H26N4O2. The highest BCUT2D eigenvalue weighted by molar-refractivity contribution is 5.81. The van der Waals surface area contributed by atoms with Crippen molar-refractivity contribution in [1.82, 2.24) is 20.0 Å². The second kappa shape index (κ2) is 9.01. The van der Waals surface area contributed by atoms with Crippen molar-refractivity contribution >= 4 is 16.7 Å². The number of carbonyl (C=O) groups is 1. The van der Waals surface area contributed by atoms with Crippen LogP contribution in [0.1, 0.15) is 30.4 Å². The summed E-state index contributed by atoms with van der Waals surface area (Å²) in [5.74, 6) is -0.229. The molecule has 0 aliphatic carbocycles. The maximum atomic E-state index is 12.5. The van der Waals surface area contributed by atoms with E-state index in [1.807, 2.05) is 18.2 Å². The lowest BCUT2D eigenvalue weighted by atomic mass is 10.1. The van der Waals surface area contributed by atoms with Gasteiger partial charge in [-0.1, -0.05) is 48.9 Å². The highest BCUT2D eigenvalue weighted by Crippen LogP contribution is 2.13. The quantitative estimate of drug-likeness (QED) is 0.703. The van der Waals surface area contributed by atoms with Crippen LogP contribution in [0.3, 0.4) is 0 Å². The van der Waals surface area contributed by atoms with Crippen LogP contribution in [-0.2, 0) is 24.4 Å². The predicted octanol–water partition coefficient (Wildman–Crippen LogP) is 2.70. The number of hydrogen-bond donors (Lipinski definition) is 1. The van der Waals surface area contributed by atoms with Crippen molar-refractivity contribution in [2.45, 2.75) is 38.9 Å². The monoisotopic (exact) mass is 390 g/mol. The van der Waals surface area contributed by atoms with Crippen LogP contribution < -0.4 is 10.9 Å². The lowest BCUT2D eigenvalue weighted by Gasteiger charge is -2.26. The van der Waals surface area contributed by atoms with E-state index in [1.165, 1.54) is 42.6 Å². The van der Waals surface area contributed by atoms with Crippen molar-refractivity contribution in [3.8, 4) is 0 Å². The van der Waals surface area contributed by atoms with Gasteiger partial charge in [0.1, 0.15) is 6.54 Å². The average Bonchev–Trinajstić information content (AvgIpc) is 2.76. The van der Waals surface area contributed by atoms with E-state index >= 15 is 0 Å². The van der Waals surface area contributed by atoms with E-state index in [0.29, 0.717) is 11.9 Å². The third-order valence-corrected chi connectivity index (χ3v) is 5.42. The summed E-state index contributed by atoms with van der Waals surface area (Å²) in [6, 6.07) is 15.6. The van der Waals surface area contributed by atoms with Crippen molar-refractivity contribution in [2.75, 3.05) is 13.1 Å². The number of hydrogen-bond acceptors (Lipinski definition) is 4. The third-order valence-electron chi connectivity index (χ3n) is 5.42. The Kier molecular flexibility index (Phi) is 6.00. The van der Waals surface area contributed by atoms with Gasteiger partial charge in [0.05, 0.1) is 11.6 Å². The summed E-state index contributed by atoms with van der Waals surface area (Å²) in [6.07, 6.45) is 5.54.